The summed E-state index contributed by atoms with van der Waals surface area (Å²) in [4.78, 5) is 35.5. The molecule has 2 amide bonds. The van der Waals surface area contributed by atoms with Crippen molar-refractivity contribution in [1.29, 1.82) is 0 Å². The molecule has 0 bridgehead atoms. The number of aliphatic imine (C=N–C) groups is 1. The first-order valence-electron chi connectivity index (χ1n) is 9.67. The van der Waals surface area contributed by atoms with E-state index in [2.05, 4.69) is 20.6 Å². The number of halogens is 3. The molecule has 0 radical (unpaired) electrons. The van der Waals surface area contributed by atoms with Crippen molar-refractivity contribution in [3.63, 3.8) is 0 Å². The maximum absolute atomic E-state index is 14.8. The largest absolute Gasteiger partial charge is 0.363 e. The van der Waals surface area contributed by atoms with Crippen LogP contribution in [0.4, 0.5) is 15.9 Å². The fourth-order valence-corrected chi connectivity index (χ4v) is 3.35. The standard InChI is InChI=1S/C23H20Cl2FN5O2/c1-27-21(31(2)3)13-4-7-16(18(26)10-13)22(32)29-19-8-5-14(24)11-17(19)23(33)30-20-9-6-15(25)12-28-20/h4-12H,1-3H3,(H,29,32)(H,28,30,33)/b27-21+. The van der Waals surface area contributed by atoms with E-state index in [1.807, 2.05) is 0 Å². The number of amides is 2. The molecular formula is C23H20Cl2FN5O2. The quantitative estimate of drug-likeness (QED) is 0.392. The van der Waals surface area contributed by atoms with E-state index >= 15 is 0 Å². The molecule has 10 heteroatoms. The van der Waals surface area contributed by atoms with Crippen molar-refractivity contribution >= 4 is 52.4 Å². The monoisotopic (exact) mass is 487 g/mol. The van der Waals surface area contributed by atoms with Gasteiger partial charge >= 0.3 is 0 Å². The predicted molar refractivity (Wildman–Crippen MR) is 129 cm³/mol. The number of rotatable bonds is 5. The predicted octanol–water partition coefficient (Wildman–Crippen LogP) is 4.97. The van der Waals surface area contributed by atoms with Crippen LogP contribution in [0.2, 0.25) is 10.0 Å². The van der Waals surface area contributed by atoms with Crippen LogP contribution in [0.25, 0.3) is 0 Å². The molecule has 1 heterocycles. The molecule has 0 aliphatic carbocycles. The first kappa shape index (κ1) is 24.2. The van der Waals surface area contributed by atoms with Crippen LogP contribution >= 0.6 is 23.2 Å². The van der Waals surface area contributed by atoms with Gasteiger partial charge in [-0.3, -0.25) is 14.6 Å². The van der Waals surface area contributed by atoms with E-state index in [1.165, 1.54) is 42.6 Å². The van der Waals surface area contributed by atoms with Crippen molar-refractivity contribution in [3.05, 3.63) is 87.3 Å². The number of anilines is 2. The van der Waals surface area contributed by atoms with Gasteiger partial charge in [0, 0.05) is 37.9 Å². The van der Waals surface area contributed by atoms with Crippen LogP contribution in [0.1, 0.15) is 26.3 Å². The Morgan fingerprint density at radius 2 is 1.64 bits per heavy atom. The Morgan fingerprint density at radius 1 is 0.939 bits per heavy atom. The number of benzene rings is 2. The molecule has 0 aliphatic rings. The van der Waals surface area contributed by atoms with Gasteiger partial charge in [-0.1, -0.05) is 29.3 Å². The van der Waals surface area contributed by atoms with Gasteiger partial charge in [0.2, 0.25) is 0 Å². The second-order valence-corrected chi connectivity index (χ2v) is 7.97. The van der Waals surface area contributed by atoms with Crippen LogP contribution in [0.5, 0.6) is 0 Å². The minimum absolute atomic E-state index is 0.0811. The van der Waals surface area contributed by atoms with E-state index in [9.17, 15) is 14.0 Å². The van der Waals surface area contributed by atoms with Crippen molar-refractivity contribution in [3.8, 4) is 0 Å². The lowest BCUT2D eigenvalue weighted by Crippen LogP contribution is -2.24. The van der Waals surface area contributed by atoms with Crippen LogP contribution in [0, 0.1) is 5.82 Å². The molecule has 2 aromatic carbocycles. The summed E-state index contributed by atoms with van der Waals surface area (Å²) in [5.41, 5.74) is 0.577. The van der Waals surface area contributed by atoms with Crippen molar-refractivity contribution in [2.75, 3.05) is 31.8 Å². The van der Waals surface area contributed by atoms with Crippen LogP contribution < -0.4 is 10.6 Å². The number of nitrogens with zero attached hydrogens (tertiary/aromatic N) is 3. The highest BCUT2D eigenvalue weighted by Gasteiger charge is 2.19. The molecular weight excluding hydrogens is 468 g/mol. The lowest BCUT2D eigenvalue weighted by atomic mass is 10.1. The smallest absolute Gasteiger partial charge is 0.258 e. The third kappa shape index (κ3) is 5.85. The average molecular weight is 488 g/mol. The van der Waals surface area contributed by atoms with Crippen LogP contribution in [-0.4, -0.2) is 48.7 Å². The van der Waals surface area contributed by atoms with Gasteiger partial charge in [0.1, 0.15) is 17.5 Å². The molecule has 2 N–H and O–H groups in total. The molecule has 33 heavy (non-hydrogen) atoms. The molecule has 3 aromatic rings. The third-order valence-corrected chi connectivity index (χ3v) is 5.01. The SMILES string of the molecule is C/N=C(\c1ccc(C(=O)Nc2ccc(Cl)cc2C(=O)Nc2ccc(Cl)cn2)c(F)c1)N(C)C. The van der Waals surface area contributed by atoms with Gasteiger partial charge in [0.05, 0.1) is 21.8 Å². The maximum atomic E-state index is 14.8. The normalized spacial score (nSPS) is 11.2. The summed E-state index contributed by atoms with van der Waals surface area (Å²) >= 11 is 11.9. The van der Waals surface area contributed by atoms with Gasteiger partial charge in [-0.05, 0) is 42.5 Å². The molecule has 0 atom stereocenters. The molecule has 0 saturated heterocycles. The first-order valence-corrected chi connectivity index (χ1v) is 10.4. The Balaban J connectivity index is 1.85. The zero-order chi connectivity index (χ0) is 24.1. The number of pyridine rings is 1. The van der Waals surface area contributed by atoms with Gasteiger partial charge < -0.3 is 15.5 Å². The Morgan fingerprint density at radius 3 is 2.24 bits per heavy atom. The molecule has 3 rings (SSSR count). The molecule has 0 spiro atoms. The fourth-order valence-electron chi connectivity index (χ4n) is 3.06. The fraction of sp³-hybridized carbons (Fsp3) is 0.130. The molecule has 1 aromatic heterocycles. The van der Waals surface area contributed by atoms with E-state index < -0.39 is 17.6 Å². The third-order valence-electron chi connectivity index (χ3n) is 4.55. The van der Waals surface area contributed by atoms with Gasteiger partial charge in [-0.2, -0.15) is 0 Å². The van der Waals surface area contributed by atoms with Crippen molar-refractivity contribution in [2.45, 2.75) is 0 Å². The van der Waals surface area contributed by atoms with Crippen LogP contribution in [0.3, 0.4) is 0 Å². The van der Waals surface area contributed by atoms with E-state index in [0.717, 1.165) is 0 Å². The zero-order valence-corrected chi connectivity index (χ0v) is 19.5. The van der Waals surface area contributed by atoms with Gasteiger partial charge in [-0.15, -0.1) is 0 Å². The summed E-state index contributed by atoms with van der Waals surface area (Å²) in [6.45, 7) is 0. The van der Waals surface area contributed by atoms with Crippen molar-refractivity contribution in [1.82, 2.24) is 9.88 Å². The molecule has 0 unspecified atom stereocenters. The summed E-state index contributed by atoms with van der Waals surface area (Å²) in [7, 11) is 5.17. The Labute approximate surface area is 200 Å². The number of aromatic nitrogens is 1. The number of carbonyl (C=O) groups is 2. The summed E-state index contributed by atoms with van der Waals surface area (Å²) < 4.78 is 14.8. The Hall–Kier alpha value is -3.49. The second kappa shape index (κ2) is 10.4. The van der Waals surface area contributed by atoms with Crippen LogP contribution in [0.15, 0.2) is 59.7 Å². The van der Waals surface area contributed by atoms with E-state index in [4.69, 9.17) is 23.2 Å². The summed E-state index contributed by atoms with van der Waals surface area (Å²) in [5.74, 6) is -1.18. The summed E-state index contributed by atoms with van der Waals surface area (Å²) in [6.07, 6.45) is 1.38. The van der Waals surface area contributed by atoms with E-state index in [-0.39, 0.29) is 27.7 Å². The number of nitrogens with one attached hydrogen (secondary N) is 2. The number of hydrogen-bond donors (Lipinski definition) is 2. The highest BCUT2D eigenvalue weighted by Crippen LogP contribution is 2.23. The molecule has 0 saturated carbocycles. The molecule has 0 aliphatic heterocycles. The van der Waals surface area contributed by atoms with Crippen LogP contribution in [-0.2, 0) is 0 Å². The van der Waals surface area contributed by atoms with Gasteiger partial charge in [0.25, 0.3) is 11.8 Å². The molecule has 0 fully saturated rings. The molecule has 170 valence electrons. The van der Waals surface area contributed by atoms with E-state index in [1.54, 1.807) is 38.2 Å². The Kier molecular flexibility index (Phi) is 7.63. The van der Waals surface area contributed by atoms with Crippen molar-refractivity contribution < 1.29 is 14.0 Å². The number of hydrogen-bond acceptors (Lipinski definition) is 4. The number of carbonyl (C=O) groups excluding carboxylic acids is 2. The Bertz CT molecular complexity index is 1230. The molecule has 7 nitrogen and oxygen atoms in total. The minimum atomic E-state index is -0.724. The topological polar surface area (TPSA) is 86.7 Å². The van der Waals surface area contributed by atoms with Gasteiger partial charge in [0.15, 0.2) is 0 Å². The number of amidine groups is 1. The minimum Gasteiger partial charge on any atom is -0.363 e. The zero-order valence-electron chi connectivity index (χ0n) is 18.0. The van der Waals surface area contributed by atoms with E-state index in [0.29, 0.717) is 16.4 Å². The van der Waals surface area contributed by atoms with Gasteiger partial charge in [-0.25, -0.2) is 9.37 Å². The lowest BCUT2D eigenvalue weighted by Gasteiger charge is -2.16. The maximum Gasteiger partial charge on any atom is 0.258 e. The van der Waals surface area contributed by atoms with Crippen molar-refractivity contribution in [2.24, 2.45) is 4.99 Å². The first-order chi connectivity index (χ1) is 15.7. The summed E-state index contributed by atoms with van der Waals surface area (Å²) in [5, 5.41) is 5.88. The highest BCUT2D eigenvalue weighted by molar-refractivity contribution is 6.31. The highest BCUT2D eigenvalue weighted by atomic mass is 35.5. The lowest BCUT2D eigenvalue weighted by molar-refractivity contribution is 0.102. The second-order valence-electron chi connectivity index (χ2n) is 7.10. The summed E-state index contributed by atoms with van der Waals surface area (Å²) in [6, 6.07) is 11.7. The average Bonchev–Trinajstić information content (AvgIpc) is 2.76.